The third kappa shape index (κ3) is 9.25. The third-order valence-electron chi connectivity index (χ3n) is 5.42. The number of nitrogen functional groups attached to an aromatic ring is 1. The molecule has 4 N–H and O–H groups in total. The topological polar surface area (TPSA) is 132 Å². The van der Waals surface area contributed by atoms with Crippen molar-refractivity contribution in [1.29, 1.82) is 0 Å². The van der Waals surface area contributed by atoms with Gasteiger partial charge in [-0.15, -0.1) is 6.58 Å². The third-order valence-corrected chi connectivity index (χ3v) is 7.13. The summed E-state index contributed by atoms with van der Waals surface area (Å²) < 4.78 is 13.3. The van der Waals surface area contributed by atoms with E-state index in [1.54, 1.807) is 45.0 Å². The van der Waals surface area contributed by atoms with Crippen LogP contribution in [0, 0.1) is 0 Å². The molecular formula is C26H41N5O5Si. The average molecular weight is 532 g/mol. The number of nitrogens with zero attached hydrogens (tertiary/aromatic N) is 3. The lowest BCUT2D eigenvalue weighted by Crippen LogP contribution is -2.36. The number of aromatic nitrogens is 2. The van der Waals surface area contributed by atoms with Crippen molar-refractivity contribution >= 4 is 31.6 Å². The van der Waals surface area contributed by atoms with Crippen LogP contribution in [0.1, 0.15) is 39.1 Å². The molecule has 0 bridgehead atoms. The Morgan fingerprint density at radius 3 is 2.54 bits per heavy atom. The van der Waals surface area contributed by atoms with Crippen molar-refractivity contribution in [3.8, 4) is 11.3 Å². The highest BCUT2D eigenvalue weighted by Gasteiger charge is 2.25. The number of benzene rings is 1. The molecule has 0 saturated heterocycles. The number of nitrogens with two attached hydrogens (primary N) is 1. The number of amides is 2. The minimum atomic E-state index is -1.26. The Morgan fingerprint density at radius 1 is 1.32 bits per heavy atom. The number of nitrogens with one attached hydrogen (secondary N) is 1. The van der Waals surface area contributed by atoms with Crippen LogP contribution in [0.25, 0.3) is 11.3 Å². The van der Waals surface area contributed by atoms with Crippen molar-refractivity contribution in [2.75, 3.05) is 24.3 Å². The zero-order chi connectivity index (χ0) is 28.0. The molecular weight excluding hydrogens is 490 g/mol. The quantitative estimate of drug-likeness (QED) is 0.147. The number of carbonyl (C=O) groups excluding carboxylic acids is 1. The minimum Gasteiger partial charge on any atom is -0.465 e. The van der Waals surface area contributed by atoms with Gasteiger partial charge in [0.05, 0.1) is 11.7 Å². The molecule has 10 nitrogen and oxygen atoms in total. The lowest BCUT2D eigenvalue weighted by molar-refractivity contribution is 0.0492. The van der Waals surface area contributed by atoms with E-state index in [0.29, 0.717) is 41.5 Å². The highest BCUT2D eigenvalue weighted by Crippen LogP contribution is 2.31. The molecule has 0 saturated carbocycles. The monoisotopic (exact) mass is 531 g/mol. The second kappa shape index (κ2) is 12.3. The van der Waals surface area contributed by atoms with Gasteiger partial charge < -0.3 is 30.2 Å². The van der Waals surface area contributed by atoms with E-state index in [1.165, 1.54) is 7.05 Å². The van der Waals surface area contributed by atoms with Crippen molar-refractivity contribution in [2.45, 2.75) is 71.3 Å². The van der Waals surface area contributed by atoms with Gasteiger partial charge in [-0.25, -0.2) is 14.6 Å². The van der Waals surface area contributed by atoms with Gasteiger partial charge in [0.2, 0.25) is 0 Å². The van der Waals surface area contributed by atoms with Crippen molar-refractivity contribution in [2.24, 2.45) is 0 Å². The molecule has 37 heavy (non-hydrogen) atoms. The number of anilines is 2. The van der Waals surface area contributed by atoms with Crippen LogP contribution in [0.15, 0.2) is 37.1 Å². The van der Waals surface area contributed by atoms with E-state index >= 15 is 0 Å². The summed E-state index contributed by atoms with van der Waals surface area (Å²) in [4.78, 5) is 29.8. The van der Waals surface area contributed by atoms with Gasteiger partial charge in [0.25, 0.3) is 0 Å². The van der Waals surface area contributed by atoms with Gasteiger partial charge in [0.1, 0.15) is 18.2 Å². The van der Waals surface area contributed by atoms with Crippen molar-refractivity contribution in [1.82, 2.24) is 14.9 Å². The van der Waals surface area contributed by atoms with Gasteiger partial charge in [-0.1, -0.05) is 25.7 Å². The summed E-state index contributed by atoms with van der Waals surface area (Å²) in [6.45, 7) is 17.0. The molecule has 0 radical (unpaired) electrons. The second-order valence-corrected chi connectivity index (χ2v) is 16.8. The first-order valence-electron chi connectivity index (χ1n) is 12.2. The van der Waals surface area contributed by atoms with Crippen molar-refractivity contribution in [3.05, 3.63) is 42.9 Å². The molecule has 2 rings (SSSR count). The number of carbonyl (C=O) groups is 2. The number of imidazole rings is 1. The van der Waals surface area contributed by atoms with Crippen molar-refractivity contribution in [3.63, 3.8) is 0 Å². The standard InChI is InChI=1S/C26H41N5O5Si/c1-9-10-21(29-24(32)36-26(2,3)4)23-28-22(16-31(23)17-35-13-14-37(6,7)8)19-12-11-18(15-20(19)27)30(5)25(33)34/h9,11-12,15-16,21H,1,10,13-14,17,27H2,2-8H3,(H,29,32)(H,33,34)/t21-/m0/s1. The average Bonchev–Trinajstić information content (AvgIpc) is 3.17. The molecule has 0 fully saturated rings. The Kier molecular flexibility index (Phi) is 9.93. The van der Waals surface area contributed by atoms with Crippen LogP contribution in [-0.2, 0) is 16.2 Å². The highest BCUT2D eigenvalue weighted by atomic mass is 28.3. The summed E-state index contributed by atoms with van der Waals surface area (Å²) in [5, 5.41) is 12.2. The molecule has 0 spiro atoms. The first kappa shape index (κ1) is 29.9. The summed E-state index contributed by atoms with van der Waals surface area (Å²) >= 11 is 0. The zero-order valence-corrected chi connectivity index (χ0v) is 24.0. The Balaban J connectivity index is 2.43. The highest BCUT2D eigenvalue weighted by molar-refractivity contribution is 6.76. The molecule has 0 unspecified atom stereocenters. The maximum absolute atomic E-state index is 12.6. The number of ether oxygens (including phenoxy) is 2. The predicted octanol–water partition coefficient (Wildman–Crippen LogP) is 5.70. The van der Waals surface area contributed by atoms with E-state index < -0.39 is 31.9 Å². The van der Waals surface area contributed by atoms with Crippen LogP contribution >= 0.6 is 0 Å². The van der Waals surface area contributed by atoms with Crippen LogP contribution in [-0.4, -0.2) is 54.2 Å². The molecule has 0 aliphatic heterocycles. The molecule has 1 aromatic heterocycles. The zero-order valence-electron chi connectivity index (χ0n) is 23.0. The molecule has 2 aromatic rings. The number of alkyl carbamates (subject to hydrolysis) is 1. The van der Waals surface area contributed by atoms with Gasteiger partial charge in [0.15, 0.2) is 0 Å². The van der Waals surface area contributed by atoms with Crippen LogP contribution in [0.5, 0.6) is 0 Å². The van der Waals surface area contributed by atoms with Crippen LogP contribution in [0.2, 0.25) is 25.7 Å². The van der Waals surface area contributed by atoms with E-state index in [0.717, 1.165) is 10.9 Å². The summed E-state index contributed by atoms with van der Waals surface area (Å²) in [6.07, 6.45) is 2.30. The fraction of sp³-hybridized carbons (Fsp3) is 0.500. The van der Waals surface area contributed by atoms with Crippen LogP contribution < -0.4 is 16.0 Å². The fourth-order valence-electron chi connectivity index (χ4n) is 3.43. The first-order valence-corrected chi connectivity index (χ1v) is 15.9. The molecule has 1 heterocycles. The summed E-state index contributed by atoms with van der Waals surface area (Å²) in [5.41, 5.74) is 7.69. The van der Waals surface area contributed by atoms with Gasteiger partial charge >= 0.3 is 12.2 Å². The molecule has 0 aliphatic rings. The Bertz CT molecular complexity index is 1100. The predicted molar refractivity (Wildman–Crippen MR) is 150 cm³/mol. The summed E-state index contributed by atoms with van der Waals surface area (Å²) in [6, 6.07) is 5.49. The molecule has 2 amide bonds. The molecule has 11 heteroatoms. The molecule has 0 aliphatic carbocycles. The van der Waals surface area contributed by atoms with Crippen LogP contribution in [0.3, 0.4) is 0 Å². The molecule has 1 aromatic carbocycles. The Labute approximate surface area is 220 Å². The molecule has 1 atom stereocenters. The lowest BCUT2D eigenvalue weighted by atomic mass is 10.1. The molecule has 204 valence electrons. The normalized spacial score (nSPS) is 12.6. The van der Waals surface area contributed by atoms with Crippen molar-refractivity contribution < 1.29 is 24.2 Å². The smallest absolute Gasteiger partial charge is 0.411 e. The van der Waals surface area contributed by atoms with E-state index in [2.05, 4.69) is 31.5 Å². The number of carboxylic acid groups (broad SMARTS) is 1. The summed E-state index contributed by atoms with van der Waals surface area (Å²) in [7, 11) is 0.183. The van der Waals surface area contributed by atoms with Gasteiger partial charge in [-0.05, 0) is 51.4 Å². The fourth-order valence-corrected chi connectivity index (χ4v) is 4.19. The summed E-state index contributed by atoms with van der Waals surface area (Å²) in [5.74, 6) is 0.569. The van der Waals surface area contributed by atoms with E-state index in [-0.39, 0.29) is 6.73 Å². The Morgan fingerprint density at radius 2 is 2.00 bits per heavy atom. The van der Waals surface area contributed by atoms with E-state index in [9.17, 15) is 14.7 Å². The van der Waals surface area contributed by atoms with Gasteiger partial charge in [-0.2, -0.15) is 0 Å². The second-order valence-electron chi connectivity index (χ2n) is 11.1. The Hall–Kier alpha value is -3.31. The number of rotatable bonds is 11. The van der Waals surface area contributed by atoms with Gasteiger partial charge in [0, 0.05) is 44.9 Å². The number of hydrogen-bond acceptors (Lipinski definition) is 6. The van der Waals surface area contributed by atoms with E-state index in [4.69, 9.17) is 20.2 Å². The maximum Gasteiger partial charge on any atom is 0.411 e. The minimum absolute atomic E-state index is 0.246. The SMILES string of the molecule is C=CC[C@H](NC(=O)OC(C)(C)C)c1nc(-c2ccc(N(C)C(=O)O)cc2N)cn1COCC[Si](C)(C)C. The van der Waals surface area contributed by atoms with Gasteiger partial charge in [-0.3, -0.25) is 4.90 Å². The number of hydrogen-bond donors (Lipinski definition) is 3. The maximum atomic E-state index is 12.6. The van der Waals surface area contributed by atoms with E-state index in [1.807, 2.05) is 10.8 Å². The lowest BCUT2D eigenvalue weighted by Gasteiger charge is -2.23. The first-order chi connectivity index (χ1) is 17.1. The largest absolute Gasteiger partial charge is 0.465 e. The van der Waals surface area contributed by atoms with Crippen LogP contribution in [0.4, 0.5) is 21.0 Å².